The van der Waals surface area contributed by atoms with Crippen LogP contribution in [0.1, 0.15) is 92.4 Å². The molecule has 2 heterocycles. The normalized spacial score (nSPS) is 17.2. The van der Waals surface area contributed by atoms with Gasteiger partial charge in [0.2, 0.25) is 11.8 Å². The fourth-order valence-electron chi connectivity index (χ4n) is 5.05. The molecule has 2 fully saturated rings. The summed E-state index contributed by atoms with van der Waals surface area (Å²) in [5.41, 5.74) is 0.263. The summed E-state index contributed by atoms with van der Waals surface area (Å²) in [5.74, 6) is -0.174. The van der Waals surface area contributed by atoms with Crippen molar-refractivity contribution in [2.75, 3.05) is 53.0 Å². The summed E-state index contributed by atoms with van der Waals surface area (Å²) in [6.45, 7) is 14.4. The Morgan fingerprint density at radius 3 is 1.70 bits per heavy atom. The average Bonchev–Trinajstić information content (AvgIpc) is 3.24. The number of urea groups is 2. The molecule has 0 radical (unpaired) electrons. The summed E-state index contributed by atoms with van der Waals surface area (Å²) < 4.78 is 5.85. The molecule has 9 heteroatoms. The van der Waals surface area contributed by atoms with Crippen LogP contribution < -0.4 is 0 Å². The molecule has 0 spiro atoms. The number of rotatable bonds is 18. The maximum atomic E-state index is 12.2. The molecule has 0 atom stereocenters. The Morgan fingerprint density at radius 1 is 0.676 bits per heavy atom. The van der Waals surface area contributed by atoms with Crippen LogP contribution in [-0.2, 0) is 14.3 Å². The van der Waals surface area contributed by atoms with Gasteiger partial charge in [-0.2, -0.15) is 0 Å². The van der Waals surface area contributed by atoms with Gasteiger partial charge >= 0.3 is 12.1 Å². The topological polar surface area (TPSA) is 90.5 Å². The second-order valence-corrected chi connectivity index (χ2v) is 12.2. The summed E-state index contributed by atoms with van der Waals surface area (Å²) >= 11 is 0. The highest BCUT2D eigenvalue weighted by atomic mass is 16.5. The number of likely N-dealkylation sites (N-methyl/N-ethyl adjacent to an activating group) is 2. The molecule has 212 valence electrons. The first-order valence-electron chi connectivity index (χ1n) is 14.1. The van der Waals surface area contributed by atoms with E-state index in [1.807, 2.05) is 6.92 Å². The van der Waals surface area contributed by atoms with Crippen LogP contribution in [0.5, 0.6) is 0 Å². The number of carbonyl (C=O) groups is 4. The van der Waals surface area contributed by atoms with Gasteiger partial charge in [-0.1, -0.05) is 40.5 Å². The molecule has 2 saturated heterocycles. The first-order valence-corrected chi connectivity index (χ1v) is 14.1. The number of nitrogens with zero attached hydrogens (tertiary/aromatic N) is 4. The monoisotopic (exact) mass is 522 g/mol. The lowest BCUT2D eigenvalue weighted by molar-refractivity contribution is -0.126. The lowest BCUT2D eigenvalue weighted by Gasteiger charge is -2.26. The summed E-state index contributed by atoms with van der Waals surface area (Å²) in [4.78, 5) is 54.0. The fourth-order valence-corrected chi connectivity index (χ4v) is 5.05. The minimum atomic E-state index is -0.184. The SMILES string of the molecule is CCN1CC(=O)N(CCCC(C)(C)CCCCOCCCCC(C)(C)CCN2C(=O)CN(C)C2=O)C1=O. The standard InChI is InChI=1S/C28H50N4O5/c1-7-30-22-24(34)31(26(30)36)17-12-15-27(2,3)13-8-10-19-37-20-11-9-14-28(4,5)16-18-32-23(33)21-29(6)25(32)35/h7-22H2,1-6H3. The third-order valence-electron chi connectivity index (χ3n) is 7.77. The van der Waals surface area contributed by atoms with Crippen molar-refractivity contribution in [2.24, 2.45) is 10.8 Å². The van der Waals surface area contributed by atoms with Crippen LogP contribution in [0.25, 0.3) is 0 Å². The maximum absolute atomic E-state index is 12.2. The molecule has 0 aromatic rings. The van der Waals surface area contributed by atoms with Crippen molar-refractivity contribution in [1.82, 2.24) is 19.6 Å². The Balaban J connectivity index is 1.48. The van der Waals surface area contributed by atoms with Gasteiger partial charge in [-0.05, 0) is 62.7 Å². The van der Waals surface area contributed by atoms with Crippen molar-refractivity contribution in [3.8, 4) is 0 Å². The molecule has 0 saturated carbocycles. The number of ether oxygens (including phenoxy) is 1. The molecule has 2 aliphatic heterocycles. The fraction of sp³-hybridized carbons (Fsp3) is 0.857. The molecular formula is C28H50N4O5. The van der Waals surface area contributed by atoms with Crippen LogP contribution in [0.15, 0.2) is 0 Å². The second kappa shape index (κ2) is 14.1. The van der Waals surface area contributed by atoms with Crippen molar-refractivity contribution in [2.45, 2.75) is 92.4 Å². The summed E-state index contributed by atoms with van der Waals surface area (Å²) in [6.07, 6.45) is 9.02. The van der Waals surface area contributed by atoms with Gasteiger partial charge in [0.25, 0.3) is 0 Å². The van der Waals surface area contributed by atoms with E-state index >= 15 is 0 Å². The van der Waals surface area contributed by atoms with Crippen molar-refractivity contribution in [3.05, 3.63) is 0 Å². The molecule has 6 amide bonds. The third-order valence-corrected chi connectivity index (χ3v) is 7.77. The van der Waals surface area contributed by atoms with Crippen LogP contribution >= 0.6 is 0 Å². The molecular weight excluding hydrogens is 472 g/mol. The van der Waals surface area contributed by atoms with E-state index in [0.717, 1.165) is 71.0 Å². The van der Waals surface area contributed by atoms with Gasteiger partial charge < -0.3 is 14.5 Å². The molecule has 0 aromatic carbocycles. The zero-order valence-electron chi connectivity index (χ0n) is 24.1. The van der Waals surface area contributed by atoms with Gasteiger partial charge in [0.05, 0.1) is 0 Å². The minimum Gasteiger partial charge on any atom is -0.381 e. The predicted octanol–water partition coefficient (Wildman–Crippen LogP) is 4.74. The van der Waals surface area contributed by atoms with Crippen LogP contribution in [0.3, 0.4) is 0 Å². The Bertz CT molecular complexity index is 797. The molecule has 0 aliphatic carbocycles. The number of carbonyl (C=O) groups excluding carboxylic acids is 4. The highest BCUT2D eigenvalue weighted by Crippen LogP contribution is 2.30. The van der Waals surface area contributed by atoms with Crippen molar-refractivity contribution in [1.29, 1.82) is 0 Å². The van der Waals surface area contributed by atoms with Gasteiger partial charge in [-0.25, -0.2) is 9.59 Å². The molecule has 9 nitrogen and oxygen atoms in total. The molecule has 0 N–H and O–H groups in total. The molecule has 37 heavy (non-hydrogen) atoms. The van der Waals surface area contributed by atoms with Gasteiger partial charge in [0, 0.05) is 39.9 Å². The van der Waals surface area contributed by atoms with E-state index in [1.165, 1.54) is 14.7 Å². The van der Waals surface area contributed by atoms with Crippen molar-refractivity contribution >= 4 is 23.9 Å². The van der Waals surface area contributed by atoms with E-state index in [-0.39, 0.29) is 47.8 Å². The Hall–Kier alpha value is -2.16. The zero-order chi connectivity index (χ0) is 27.6. The van der Waals surface area contributed by atoms with Gasteiger partial charge in [0.15, 0.2) is 0 Å². The largest absolute Gasteiger partial charge is 0.381 e. The Labute approximate surface area is 223 Å². The lowest BCUT2D eigenvalue weighted by atomic mass is 9.82. The van der Waals surface area contributed by atoms with Crippen LogP contribution in [0.4, 0.5) is 9.59 Å². The smallest absolute Gasteiger partial charge is 0.327 e. The number of hydrogen-bond donors (Lipinski definition) is 0. The highest BCUT2D eigenvalue weighted by Gasteiger charge is 2.35. The van der Waals surface area contributed by atoms with E-state index < -0.39 is 0 Å². The van der Waals surface area contributed by atoms with Crippen LogP contribution in [-0.4, -0.2) is 96.5 Å². The third kappa shape index (κ3) is 9.91. The number of imide groups is 2. The number of amides is 6. The zero-order valence-corrected chi connectivity index (χ0v) is 24.1. The molecule has 0 bridgehead atoms. The van der Waals surface area contributed by atoms with Crippen molar-refractivity contribution < 1.29 is 23.9 Å². The average molecular weight is 523 g/mol. The maximum Gasteiger partial charge on any atom is 0.327 e. The van der Waals surface area contributed by atoms with E-state index in [9.17, 15) is 19.2 Å². The van der Waals surface area contributed by atoms with Gasteiger partial charge in [-0.3, -0.25) is 19.4 Å². The molecule has 2 rings (SSSR count). The summed E-state index contributed by atoms with van der Waals surface area (Å²) in [6, 6.07) is -0.329. The first-order chi connectivity index (χ1) is 17.4. The van der Waals surface area contributed by atoms with Gasteiger partial charge in [0.1, 0.15) is 13.1 Å². The summed E-state index contributed by atoms with van der Waals surface area (Å²) in [7, 11) is 1.66. The quantitative estimate of drug-likeness (QED) is 0.191. The van der Waals surface area contributed by atoms with E-state index in [1.54, 1.807) is 11.9 Å². The van der Waals surface area contributed by atoms with Crippen LogP contribution in [0.2, 0.25) is 0 Å². The molecule has 0 aromatic heterocycles. The minimum absolute atomic E-state index is 0.0755. The molecule has 0 unspecified atom stereocenters. The van der Waals surface area contributed by atoms with E-state index in [2.05, 4.69) is 27.7 Å². The Morgan fingerprint density at radius 2 is 1.19 bits per heavy atom. The first kappa shape index (κ1) is 31.1. The van der Waals surface area contributed by atoms with Crippen molar-refractivity contribution in [3.63, 3.8) is 0 Å². The van der Waals surface area contributed by atoms with E-state index in [4.69, 9.17) is 4.74 Å². The highest BCUT2D eigenvalue weighted by molar-refractivity contribution is 6.02. The van der Waals surface area contributed by atoms with E-state index in [0.29, 0.717) is 19.6 Å². The second-order valence-electron chi connectivity index (χ2n) is 12.2. The number of unbranched alkanes of at least 4 members (excludes halogenated alkanes) is 2. The Kier molecular flexibility index (Phi) is 11.9. The summed E-state index contributed by atoms with van der Waals surface area (Å²) in [5, 5.41) is 0. The van der Waals surface area contributed by atoms with Gasteiger partial charge in [-0.15, -0.1) is 0 Å². The molecule has 2 aliphatic rings. The predicted molar refractivity (Wildman–Crippen MR) is 144 cm³/mol. The number of hydrogen-bond acceptors (Lipinski definition) is 5. The lowest BCUT2D eigenvalue weighted by Crippen LogP contribution is -2.34. The van der Waals surface area contributed by atoms with Crippen LogP contribution in [0, 0.1) is 10.8 Å².